The molecule has 2 nitrogen and oxygen atoms in total. The van der Waals surface area contributed by atoms with Gasteiger partial charge in [0, 0.05) is 12.8 Å². The second-order valence-corrected chi connectivity index (χ2v) is 4.01. The summed E-state index contributed by atoms with van der Waals surface area (Å²) >= 11 is 0. The van der Waals surface area contributed by atoms with Crippen LogP contribution in [0.1, 0.15) is 43.7 Å². The van der Waals surface area contributed by atoms with Gasteiger partial charge < -0.3 is 9.73 Å². The topological polar surface area (TPSA) is 25.2 Å². The Morgan fingerprint density at radius 3 is 2.53 bits per heavy atom. The molecule has 1 N–H and O–H groups in total. The largest absolute Gasteiger partial charge is 0.464 e. The first kappa shape index (κ1) is 14.1. The van der Waals surface area contributed by atoms with E-state index in [1.165, 1.54) is 0 Å². The van der Waals surface area contributed by atoms with Crippen LogP contribution in [0, 0.1) is 0 Å². The molecular weight excluding hydrogens is 231 g/mol. The fraction of sp³-hybridized carbons (Fsp3) is 0.667. The number of furan rings is 1. The zero-order valence-corrected chi connectivity index (χ0v) is 10.1. The molecule has 17 heavy (non-hydrogen) atoms. The summed E-state index contributed by atoms with van der Waals surface area (Å²) in [6.07, 6.45) is -3.49. The predicted molar refractivity (Wildman–Crippen MR) is 59.8 cm³/mol. The van der Waals surface area contributed by atoms with Gasteiger partial charge in [-0.3, -0.25) is 0 Å². The van der Waals surface area contributed by atoms with Gasteiger partial charge in [0.15, 0.2) is 0 Å². The van der Waals surface area contributed by atoms with Crippen LogP contribution in [0.2, 0.25) is 0 Å². The molecule has 0 aromatic carbocycles. The van der Waals surface area contributed by atoms with Gasteiger partial charge in [0.2, 0.25) is 0 Å². The molecule has 5 heteroatoms. The van der Waals surface area contributed by atoms with Crippen LogP contribution < -0.4 is 5.32 Å². The number of halogens is 3. The van der Waals surface area contributed by atoms with Gasteiger partial charge in [-0.1, -0.05) is 6.92 Å². The lowest BCUT2D eigenvalue weighted by molar-refractivity contribution is -0.135. The van der Waals surface area contributed by atoms with Gasteiger partial charge in [-0.05, 0) is 32.0 Å². The molecule has 98 valence electrons. The molecule has 0 aliphatic heterocycles. The lowest BCUT2D eigenvalue weighted by atomic mass is 10.1. The van der Waals surface area contributed by atoms with E-state index >= 15 is 0 Å². The third-order valence-electron chi connectivity index (χ3n) is 2.68. The van der Waals surface area contributed by atoms with E-state index in [2.05, 4.69) is 5.32 Å². The monoisotopic (exact) mass is 249 g/mol. The Labute approximate surface area is 99.2 Å². The maximum absolute atomic E-state index is 12.0. The summed E-state index contributed by atoms with van der Waals surface area (Å²) in [5.74, 6) is 1.57. The lowest BCUT2D eigenvalue weighted by Crippen LogP contribution is -2.17. The Morgan fingerprint density at radius 2 is 2.06 bits per heavy atom. The van der Waals surface area contributed by atoms with Crippen LogP contribution in [-0.4, -0.2) is 13.2 Å². The number of rotatable bonds is 6. The molecular formula is C12H18F3NO. The fourth-order valence-electron chi connectivity index (χ4n) is 1.71. The molecule has 0 spiro atoms. The minimum absolute atomic E-state index is 0.108. The van der Waals surface area contributed by atoms with Crippen molar-refractivity contribution in [3.05, 3.63) is 23.7 Å². The molecule has 0 aliphatic carbocycles. The van der Waals surface area contributed by atoms with E-state index < -0.39 is 12.6 Å². The molecule has 1 unspecified atom stereocenters. The zero-order valence-electron chi connectivity index (χ0n) is 10.1. The van der Waals surface area contributed by atoms with Crippen LogP contribution in [-0.2, 0) is 6.42 Å². The van der Waals surface area contributed by atoms with Gasteiger partial charge in [0.1, 0.15) is 11.5 Å². The van der Waals surface area contributed by atoms with Crippen molar-refractivity contribution >= 4 is 0 Å². The number of hydrogen-bond acceptors (Lipinski definition) is 2. The average molecular weight is 249 g/mol. The van der Waals surface area contributed by atoms with Gasteiger partial charge >= 0.3 is 6.18 Å². The van der Waals surface area contributed by atoms with E-state index in [9.17, 15) is 13.2 Å². The molecule has 1 atom stereocenters. The van der Waals surface area contributed by atoms with Crippen molar-refractivity contribution in [1.29, 1.82) is 0 Å². The lowest BCUT2D eigenvalue weighted by Gasteiger charge is -2.14. The molecule has 1 aromatic rings. The van der Waals surface area contributed by atoms with Gasteiger partial charge in [0.05, 0.1) is 6.04 Å². The predicted octanol–water partition coefficient (Wildman–Crippen LogP) is 3.84. The van der Waals surface area contributed by atoms with Gasteiger partial charge in [-0.2, -0.15) is 13.2 Å². The van der Waals surface area contributed by atoms with E-state index in [4.69, 9.17) is 4.42 Å². The minimum Gasteiger partial charge on any atom is -0.464 e. The first-order valence-electron chi connectivity index (χ1n) is 5.79. The standard InChI is InChI=1S/C12H18F3NO/c1-3-9-6-7-11(17-9)10(16-2)5-4-8-12(13,14)15/h6-7,10,16H,3-5,8H2,1-2H3. The van der Waals surface area contributed by atoms with Crippen LogP contribution >= 0.6 is 0 Å². The van der Waals surface area contributed by atoms with Gasteiger partial charge in [0.25, 0.3) is 0 Å². The zero-order chi connectivity index (χ0) is 12.9. The third kappa shape index (κ3) is 4.81. The van der Waals surface area contributed by atoms with Crippen molar-refractivity contribution in [2.24, 2.45) is 0 Å². The van der Waals surface area contributed by atoms with Crippen molar-refractivity contribution in [3.8, 4) is 0 Å². The van der Waals surface area contributed by atoms with Crippen LogP contribution in [0.3, 0.4) is 0 Å². The van der Waals surface area contributed by atoms with E-state index in [0.29, 0.717) is 12.2 Å². The quantitative estimate of drug-likeness (QED) is 0.828. The van der Waals surface area contributed by atoms with Crippen molar-refractivity contribution in [2.45, 2.75) is 44.8 Å². The first-order chi connectivity index (χ1) is 7.96. The molecule has 1 rings (SSSR count). The Balaban J connectivity index is 2.48. The average Bonchev–Trinajstić information content (AvgIpc) is 2.71. The van der Waals surface area contributed by atoms with Gasteiger partial charge in [-0.15, -0.1) is 0 Å². The van der Waals surface area contributed by atoms with Crippen LogP contribution in [0.5, 0.6) is 0 Å². The molecule has 0 saturated heterocycles. The molecule has 0 saturated carbocycles. The summed E-state index contributed by atoms with van der Waals surface area (Å²) < 4.78 is 41.6. The smallest absolute Gasteiger partial charge is 0.389 e. The normalized spacial score (nSPS) is 13.9. The highest BCUT2D eigenvalue weighted by Gasteiger charge is 2.27. The summed E-state index contributed by atoms with van der Waals surface area (Å²) in [6, 6.07) is 3.55. The fourth-order valence-corrected chi connectivity index (χ4v) is 1.71. The molecule has 0 fully saturated rings. The molecule has 0 aliphatic rings. The maximum Gasteiger partial charge on any atom is 0.389 e. The summed E-state index contributed by atoms with van der Waals surface area (Å²) in [7, 11) is 1.73. The molecule has 0 bridgehead atoms. The summed E-state index contributed by atoms with van der Waals surface area (Å²) in [5, 5.41) is 2.98. The second kappa shape index (κ2) is 6.10. The number of aryl methyl sites for hydroxylation is 1. The Hall–Kier alpha value is -0.970. The highest BCUT2D eigenvalue weighted by Crippen LogP contribution is 2.27. The summed E-state index contributed by atoms with van der Waals surface area (Å²) in [4.78, 5) is 0. The second-order valence-electron chi connectivity index (χ2n) is 4.01. The van der Waals surface area contributed by atoms with E-state index in [0.717, 1.165) is 12.2 Å². The van der Waals surface area contributed by atoms with Crippen molar-refractivity contribution < 1.29 is 17.6 Å². The SMILES string of the molecule is CCc1ccc(C(CCCC(F)(F)F)NC)o1. The van der Waals surface area contributed by atoms with E-state index in [1.807, 2.05) is 19.1 Å². The maximum atomic E-state index is 12.0. The van der Waals surface area contributed by atoms with E-state index in [-0.39, 0.29) is 12.5 Å². The highest BCUT2D eigenvalue weighted by atomic mass is 19.4. The Morgan fingerprint density at radius 1 is 1.35 bits per heavy atom. The number of nitrogens with one attached hydrogen (secondary N) is 1. The van der Waals surface area contributed by atoms with Crippen molar-refractivity contribution in [3.63, 3.8) is 0 Å². The molecule has 1 aromatic heterocycles. The highest BCUT2D eigenvalue weighted by molar-refractivity contribution is 5.10. The van der Waals surface area contributed by atoms with Crippen LogP contribution in [0.25, 0.3) is 0 Å². The molecule has 0 amide bonds. The van der Waals surface area contributed by atoms with Gasteiger partial charge in [-0.25, -0.2) is 0 Å². The minimum atomic E-state index is -4.07. The number of hydrogen-bond donors (Lipinski definition) is 1. The van der Waals surface area contributed by atoms with Crippen LogP contribution in [0.4, 0.5) is 13.2 Å². The van der Waals surface area contributed by atoms with Crippen LogP contribution in [0.15, 0.2) is 16.5 Å². The Bertz CT molecular complexity index is 333. The number of alkyl halides is 3. The summed E-state index contributed by atoms with van der Waals surface area (Å²) in [5.41, 5.74) is 0. The molecule has 1 heterocycles. The molecule has 0 radical (unpaired) electrons. The van der Waals surface area contributed by atoms with Crippen molar-refractivity contribution in [2.75, 3.05) is 7.05 Å². The Kier molecular flexibility index (Phi) is 5.05. The van der Waals surface area contributed by atoms with Crippen molar-refractivity contribution in [1.82, 2.24) is 5.32 Å². The van der Waals surface area contributed by atoms with E-state index in [1.54, 1.807) is 7.05 Å². The third-order valence-corrected chi connectivity index (χ3v) is 2.68. The summed E-state index contributed by atoms with van der Waals surface area (Å²) in [6.45, 7) is 1.97. The first-order valence-corrected chi connectivity index (χ1v) is 5.79.